The van der Waals surface area contributed by atoms with Crippen molar-refractivity contribution >= 4 is 23.2 Å². The van der Waals surface area contributed by atoms with Gasteiger partial charge in [-0.25, -0.2) is 0 Å². The summed E-state index contributed by atoms with van der Waals surface area (Å²) in [6.07, 6.45) is 0.726. The minimum atomic E-state index is -0.266. The van der Waals surface area contributed by atoms with Crippen LogP contribution in [0.25, 0.3) is 0 Å². The Bertz CT molecular complexity index is 955. The highest BCUT2D eigenvalue weighted by Crippen LogP contribution is 2.24. The number of hydrogen-bond acceptors (Lipinski definition) is 3. The SMILES string of the molecule is CC(=O)Nc1ccccc1OCC(=O)Nc1ccccc1Cc1ccccc1. The van der Waals surface area contributed by atoms with Crippen LogP contribution in [0.15, 0.2) is 78.9 Å². The molecular formula is C23H22N2O3. The van der Waals surface area contributed by atoms with E-state index in [4.69, 9.17) is 4.74 Å². The second kappa shape index (κ2) is 9.37. The number of hydrogen-bond donors (Lipinski definition) is 2. The third-order valence-corrected chi connectivity index (χ3v) is 4.09. The van der Waals surface area contributed by atoms with Crippen molar-refractivity contribution in [1.82, 2.24) is 0 Å². The first-order valence-electron chi connectivity index (χ1n) is 9.03. The van der Waals surface area contributed by atoms with Crippen LogP contribution in [-0.4, -0.2) is 18.4 Å². The molecule has 3 rings (SSSR count). The molecule has 142 valence electrons. The van der Waals surface area contributed by atoms with Crippen molar-refractivity contribution in [3.8, 4) is 5.75 Å². The fraction of sp³-hybridized carbons (Fsp3) is 0.130. The topological polar surface area (TPSA) is 67.4 Å². The maximum atomic E-state index is 12.4. The minimum Gasteiger partial charge on any atom is -0.482 e. The molecule has 3 aromatic rings. The van der Waals surface area contributed by atoms with Gasteiger partial charge in [-0.2, -0.15) is 0 Å². The largest absolute Gasteiger partial charge is 0.482 e. The Hall–Kier alpha value is -3.60. The monoisotopic (exact) mass is 374 g/mol. The molecule has 0 aliphatic carbocycles. The first kappa shape index (κ1) is 19.2. The highest BCUT2D eigenvalue weighted by Gasteiger charge is 2.10. The van der Waals surface area contributed by atoms with Crippen molar-refractivity contribution in [3.05, 3.63) is 90.0 Å². The number of ether oxygens (including phenoxy) is 1. The number of para-hydroxylation sites is 3. The Labute approximate surface area is 164 Å². The third kappa shape index (κ3) is 5.45. The molecule has 0 saturated carbocycles. The fourth-order valence-electron chi connectivity index (χ4n) is 2.83. The lowest BCUT2D eigenvalue weighted by molar-refractivity contribution is -0.118. The van der Waals surface area contributed by atoms with Gasteiger partial charge < -0.3 is 15.4 Å². The van der Waals surface area contributed by atoms with Crippen molar-refractivity contribution in [1.29, 1.82) is 0 Å². The zero-order valence-corrected chi connectivity index (χ0v) is 15.6. The zero-order chi connectivity index (χ0) is 19.8. The molecule has 0 saturated heterocycles. The van der Waals surface area contributed by atoms with Gasteiger partial charge in [-0.15, -0.1) is 0 Å². The Morgan fingerprint density at radius 2 is 1.43 bits per heavy atom. The van der Waals surface area contributed by atoms with E-state index in [1.165, 1.54) is 12.5 Å². The summed E-state index contributed by atoms with van der Waals surface area (Å²) >= 11 is 0. The summed E-state index contributed by atoms with van der Waals surface area (Å²) in [6.45, 7) is 1.27. The molecule has 0 aliphatic rings. The van der Waals surface area contributed by atoms with E-state index in [1.807, 2.05) is 42.5 Å². The molecule has 5 nitrogen and oxygen atoms in total. The number of amides is 2. The molecule has 0 fully saturated rings. The fourth-order valence-corrected chi connectivity index (χ4v) is 2.83. The van der Waals surface area contributed by atoms with Crippen molar-refractivity contribution in [3.63, 3.8) is 0 Å². The van der Waals surface area contributed by atoms with E-state index in [-0.39, 0.29) is 18.4 Å². The lowest BCUT2D eigenvalue weighted by Crippen LogP contribution is -2.21. The van der Waals surface area contributed by atoms with Gasteiger partial charge >= 0.3 is 0 Å². The van der Waals surface area contributed by atoms with E-state index in [1.54, 1.807) is 24.3 Å². The third-order valence-electron chi connectivity index (χ3n) is 4.09. The average molecular weight is 374 g/mol. The van der Waals surface area contributed by atoms with E-state index in [0.717, 1.165) is 17.7 Å². The summed E-state index contributed by atoms with van der Waals surface area (Å²) in [6, 6.07) is 24.8. The molecule has 0 radical (unpaired) electrons. The highest BCUT2D eigenvalue weighted by molar-refractivity contribution is 5.93. The number of nitrogens with one attached hydrogen (secondary N) is 2. The second-order valence-corrected chi connectivity index (χ2v) is 6.33. The van der Waals surface area contributed by atoms with Crippen LogP contribution < -0.4 is 15.4 Å². The van der Waals surface area contributed by atoms with Crippen LogP contribution in [0.1, 0.15) is 18.1 Å². The molecule has 28 heavy (non-hydrogen) atoms. The first-order chi connectivity index (χ1) is 13.6. The summed E-state index contributed by atoms with van der Waals surface area (Å²) < 4.78 is 5.60. The van der Waals surface area contributed by atoms with Gasteiger partial charge in [0.2, 0.25) is 5.91 Å². The van der Waals surface area contributed by atoms with Crippen molar-refractivity contribution in [2.75, 3.05) is 17.2 Å². The summed E-state index contributed by atoms with van der Waals surface area (Å²) in [5.74, 6) is -0.0149. The predicted molar refractivity (Wildman–Crippen MR) is 111 cm³/mol. The van der Waals surface area contributed by atoms with Crippen LogP contribution in [0.4, 0.5) is 11.4 Å². The highest BCUT2D eigenvalue weighted by atomic mass is 16.5. The first-order valence-corrected chi connectivity index (χ1v) is 9.03. The molecule has 0 aromatic heterocycles. The molecular weight excluding hydrogens is 352 g/mol. The van der Waals surface area contributed by atoms with E-state index in [9.17, 15) is 9.59 Å². The van der Waals surface area contributed by atoms with Gasteiger partial charge in [0.15, 0.2) is 6.61 Å². The predicted octanol–water partition coefficient (Wildman–Crippen LogP) is 4.25. The van der Waals surface area contributed by atoms with Crippen molar-refractivity contribution in [2.24, 2.45) is 0 Å². The molecule has 2 amide bonds. The van der Waals surface area contributed by atoms with Gasteiger partial charge in [0, 0.05) is 12.6 Å². The van der Waals surface area contributed by atoms with E-state index in [2.05, 4.69) is 22.8 Å². The Balaban J connectivity index is 1.64. The van der Waals surface area contributed by atoms with Gasteiger partial charge in [0.1, 0.15) is 5.75 Å². The van der Waals surface area contributed by atoms with E-state index in [0.29, 0.717) is 11.4 Å². The van der Waals surface area contributed by atoms with E-state index >= 15 is 0 Å². The van der Waals surface area contributed by atoms with Crippen LogP contribution in [0, 0.1) is 0 Å². The number of benzene rings is 3. The maximum absolute atomic E-state index is 12.4. The number of carbonyl (C=O) groups excluding carboxylic acids is 2. The molecule has 0 spiro atoms. The molecule has 0 bridgehead atoms. The molecule has 0 atom stereocenters. The van der Waals surface area contributed by atoms with Crippen LogP contribution in [0.5, 0.6) is 5.75 Å². The summed E-state index contributed by atoms with van der Waals surface area (Å²) in [5.41, 5.74) is 3.49. The Kier molecular flexibility index (Phi) is 6.41. The van der Waals surface area contributed by atoms with Crippen LogP contribution in [-0.2, 0) is 16.0 Å². The van der Waals surface area contributed by atoms with Crippen molar-refractivity contribution in [2.45, 2.75) is 13.3 Å². The molecule has 5 heteroatoms. The van der Waals surface area contributed by atoms with Gasteiger partial charge in [-0.1, -0.05) is 60.7 Å². The minimum absolute atomic E-state index is 0.156. The van der Waals surface area contributed by atoms with Crippen molar-refractivity contribution < 1.29 is 14.3 Å². The number of rotatable bonds is 7. The van der Waals surface area contributed by atoms with Crippen LogP contribution in [0.2, 0.25) is 0 Å². The van der Waals surface area contributed by atoms with Gasteiger partial charge in [0.05, 0.1) is 5.69 Å². The van der Waals surface area contributed by atoms with Crippen LogP contribution >= 0.6 is 0 Å². The summed E-state index contributed by atoms with van der Waals surface area (Å²) in [5, 5.41) is 5.60. The lowest BCUT2D eigenvalue weighted by atomic mass is 10.0. The molecule has 0 aliphatic heterocycles. The smallest absolute Gasteiger partial charge is 0.262 e. The normalized spacial score (nSPS) is 10.2. The second-order valence-electron chi connectivity index (χ2n) is 6.33. The quantitative estimate of drug-likeness (QED) is 0.650. The number of carbonyl (C=O) groups is 2. The Morgan fingerprint density at radius 1 is 0.786 bits per heavy atom. The van der Waals surface area contributed by atoms with Gasteiger partial charge in [-0.3, -0.25) is 9.59 Å². The molecule has 0 unspecified atom stereocenters. The number of anilines is 2. The van der Waals surface area contributed by atoms with Crippen LogP contribution in [0.3, 0.4) is 0 Å². The summed E-state index contributed by atoms with van der Waals surface area (Å²) in [7, 11) is 0. The Morgan fingerprint density at radius 3 is 2.18 bits per heavy atom. The molecule has 0 heterocycles. The molecule has 2 N–H and O–H groups in total. The maximum Gasteiger partial charge on any atom is 0.262 e. The average Bonchev–Trinajstić information content (AvgIpc) is 2.69. The van der Waals surface area contributed by atoms with Gasteiger partial charge in [-0.05, 0) is 35.7 Å². The zero-order valence-electron chi connectivity index (χ0n) is 15.6. The standard InChI is InChI=1S/C23H22N2O3/c1-17(26)24-21-13-7-8-14-22(21)28-16-23(27)25-20-12-6-5-11-19(20)15-18-9-3-2-4-10-18/h2-14H,15-16H2,1H3,(H,24,26)(H,25,27). The molecule has 3 aromatic carbocycles. The van der Waals surface area contributed by atoms with E-state index < -0.39 is 0 Å². The lowest BCUT2D eigenvalue weighted by Gasteiger charge is -2.13. The van der Waals surface area contributed by atoms with Gasteiger partial charge in [0.25, 0.3) is 5.91 Å². The summed E-state index contributed by atoms with van der Waals surface area (Å²) in [4.78, 5) is 23.7.